The van der Waals surface area contributed by atoms with Crippen molar-refractivity contribution in [2.45, 2.75) is 20.0 Å². The van der Waals surface area contributed by atoms with Crippen molar-refractivity contribution in [1.82, 2.24) is 9.80 Å². The number of hydrogen-bond acceptors (Lipinski definition) is 5. The van der Waals surface area contributed by atoms with E-state index in [1.54, 1.807) is 7.11 Å². The summed E-state index contributed by atoms with van der Waals surface area (Å²) in [6.07, 6.45) is 0. The van der Waals surface area contributed by atoms with E-state index in [2.05, 4.69) is 59.2 Å². The maximum absolute atomic E-state index is 9.10. The zero-order valence-corrected chi connectivity index (χ0v) is 16.9. The van der Waals surface area contributed by atoms with Gasteiger partial charge in [-0.05, 0) is 30.2 Å². The molecule has 0 aromatic heterocycles. The standard InChI is InChI=1S/C20H26N2O.C2H2O4/c1-17-5-3-6-18(13-17)15-21-9-11-22(12-10-21)16-19-7-4-8-20(14-19)23-2;3-1(4)2(5)6/h3-8,13-14H,9-12,15-16H2,1-2H3;(H,3,4)(H,5,6). The first kappa shape index (κ1) is 22.4. The number of carboxylic acid groups (broad SMARTS) is 2. The first-order valence-corrected chi connectivity index (χ1v) is 9.47. The van der Waals surface area contributed by atoms with E-state index in [0.717, 1.165) is 45.0 Å². The van der Waals surface area contributed by atoms with Crippen molar-refractivity contribution in [2.24, 2.45) is 0 Å². The Bertz CT molecular complexity index is 804. The van der Waals surface area contributed by atoms with E-state index in [1.165, 1.54) is 16.7 Å². The number of carboxylic acids is 2. The molecular formula is C22H28N2O5. The van der Waals surface area contributed by atoms with Gasteiger partial charge < -0.3 is 14.9 Å². The fourth-order valence-electron chi connectivity index (χ4n) is 3.20. The number of methoxy groups -OCH3 is 1. The van der Waals surface area contributed by atoms with E-state index in [1.807, 2.05) is 6.07 Å². The van der Waals surface area contributed by atoms with Gasteiger partial charge in [-0.2, -0.15) is 0 Å². The van der Waals surface area contributed by atoms with E-state index in [-0.39, 0.29) is 0 Å². The van der Waals surface area contributed by atoms with E-state index in [4.69, 9.17) is 24.5 Å². The lowest BCUT2D eigenvalue weighted by Gasteiger charge is -2.34. The molecule has 156 valence electrons. The quantitative estimate of drug-likeness (QED) is 0.745. The minimum atomic E-state index is -1.82. The molecule has 3 rings (SSSR count). The first-order chi connectivity index (χ1) is 13.9. The fourth-order valence-corrected chi connectivity index (χ4v) is 3.20. The number of nitrogens with zero attached hydrogens (tertiary/aromatic N) is 2. The molecule has 7 nitrogen and oxygen atoms in total. The van der Waals surface area contributed by atoms with Gasteiger partial charge in [0.1, 0.15) is 5.75 Å². The van der Waals surface area contributed by atoms with Crippen LogP contribution in [-0.2, 0) is 22.7 Å². The van der Waals surface area contributed by atoms with Crippen molar-refractivity contribution in [1.29, 1.82) is 0 Å². The highest BCUT2D eigenvalue weighted by molar-refractivity contribution is 6.27. The number of benzene rings is 2. The molecule has 0 aliphatic carbocycles. The van der Waals surface area contributed by atoms with Crippen molar-refractivity contribution in [2.75, 3.05) is 33.3 Å². The molecule has 2 aromatic carbocycles. The minimum absolute atomic E-state index is 0.945. The number of hydrogen-bond donors (Lipinski definition) is 2. The molecule has 1 heterocycles. The smallest absolute Gasteiger partial charge is 0.414 e. The maximum atomic E-state index is 9.10. The number of carbonyl (C=O) groups is 2. The molecule has 0 saturated carbocycles. The Morgan fingerprint density at radius 2 is 1.34 bits per heavy atom. The third-order valence-electron chi connectivity index (χ3n) is 4.68. The molecule has 1 saturated heterocycles. The molecule has 0 radical (unpaired) electrons. The van der Waals surface area contributed by atoms with Gasteiger partial charge >= 0.3 is 11.9 Å². The maximum Gasteiger partial charge on any atom is 0.414 e. The van der Waals surface area contributed by atoms with E-state index < -0.39 is 11.9 Å². The number of ether oxygens (including phenoxy) is 1. The second-order valence-electron chi connectivity index (χ2n) is 7.00. The zero-order chi connectivity index (χ0) is 21.2. The molecule has 0 unspecified atom stereocenters. The average Bonchev–Trinajstić information content (AvgIpc) is 2.70. The molecule has 0 amide bonds. The number of aliphatic carboxylic acids is 2. The van der Waals surface area contributed by atoms with Gasteiger partial charge in [0.15, 0.2) is 0 Å². The van der Waals surface area contributed by atoms with Crippen LogP contribution in [0.15, 0.2) is 48.5 Å². The molecule has 7 heteroatoms. The monoisotopic (exact) mass is 400 g/mol. The van der Waals surface area contributed by atoms with Gasteiger partial charge in [-0.25, -0.2) is 9.59 Å². The number of piperazine rings is 1. The Balaban J connectivity index is 0.000000438. The Morgan fingerprint density at radius 1 is 0.862 bits per heavy atom. The van der Waals surface area contributed by atoms with Crippen LogP contribution in [0.25, 0.3) is 0 Å². The topological polar surface area (TPSA) is 90.3 Å². The van der Waals surface area contributed by atoms with Gasteiger partial charge in [0.25, 0.3) is 0 Å². The summed E-state index contributed by atoms with van der Waals surface area (Å²) in [6.45, 7) is 8.77. The van der Waals surface area contributed by atoms with Crippen molar-refractivity contribution >= 4 is 11.9 Å². The summed E-state index contributed by atoms with van der Waals surface area (Å²) in [6, 6.07) is 17.2. The van der Waals surface area contributed by atoms with E-state index >= 15 is 0 Å². The lowest BCUT2D eigenvalue weighted by molar-refractivity contribution is -0.159. The van der Waals surface area contributed by atoms with Gasteiger partial charge in [0.05, 0.1) is 7.11 Å². The van der Waals surface area contributed by atoms with Crippen LogP contribution in [0.3, 0.4) is 0 Å². The molecule has 1 aliphatic heterocycles. The van der Waals surface area contributed by atoms with Crippen molar-refractivity contribution < 1.29 is 24.5 Å². The highest BCUT2D eigenvalue weighted by Gasteiger charge is 2.17. The Hall–Kier alpha value is -2.90. The summed E-state index contributed by atoms with van der Waals surface area (Å²) in [5.41, 5.74) is 4.10. The lowest BCUT2D eigenvalue weighted by Crippen LogP contribution is -2.45. The summed E-state index contributed by atoms with van der Waals surface area (Å²) in [7, 11) is 1.73. The summed E-state index contributed by atoms with van der Waals surface area (Å²) < 4.78 is 5.31. The minimum Gasteiger partial charge on any atom is -0.497 e. The molecule has 0 bridgehead atoms. The average molecular weight is 400 g/mol. The first-order valence-electron chi connectivity index (χ1n) is 9.47. The molecule has 29 heavy (non-hydrogen) atoms. The fraction of sp³-hybridized carbons (Fsp3) is 0.364. The van der Waals surface area contributed by atoms with Crippen LogP contribution >= 0.6 is 0 Å². The summed E-state index contributed by atoms with van der Waals surface area (Å²) in [5, 5.41) is 14.8. The zero-order valence-electron chi connectivity index (χ0n) is 16.9. The molecule has 2 aromatic rings. The summed E-state index contributed by atoms with van der Waals surface area (Å²) >= 11 is 0. The predicted molar refractivity (Wildman–Crippen MR) is 110 cm³/mol. The molecule has 2 N–H and O–H groups in total. The van der Waals surface area contributed by atoms with Crippen molar-refractivity contribution in [3.63, 3.8) is 0 Å². The van der Waals surface area contributed by atoms with Crippen LogP contribution in [0.1, 0.15) is 16.7 Å². The van der Waals surface area contributed by atoms with Gasteiger partial charge in [0.2, 0.25) is 0 Å². The SMILES string of the molecule is COc1cccc(CN2CCN(Cc3cccc(C)c3)CC2)c1.O=C(O)C(=O)O. The Labute approximate surface area is 171 Å². The largest absolute Gasteiger partial charge is 0.497 e. The highest BCUT2D eigenvalue weighted by Crippen LogP contribution is 2.16. The van der Waals surface area contributed by atoms with Gasteiger partial charge in [-0.15, -0.1) is 0 Å². The van der Waals surface area contributed by atoms with Crippen LogP contribution in [-0.4, -0.2) is 65.2 Å². The Kier molecular flexibility index (Phi) is 8.64. The van der Waals surface area contributed by atoms with Crippen molar-refractivity contribution in [3.8, 4) is 5.75 Å². The summed E-state index contributed by atoms with van der Waals surface area (Å²) in [5.74, 6) is -2.70. The molecule has 1 fully saturated rings. The van der Waals surface area contributed by atoms with Crippen LogP contribution in [0.4, 0.5) is 0 Å². The number of rotatable bonds is 5. The van der Waals surface area contributed by atoms with Crippen LogP contribution in [0.2, 0.25) is 0 Å². The second-order valence-corrected chi connectivity index (χ2v) is 7.00. The Morgan fingerprint density at radius 3 is 1.79 bits per heavy atom. The molecule has 0 spiro atoms. The molecule has 1 aliphatic rings. The third kappa shape index (κ3) is 7.93. The molecule has 0 atom stereocenters. The van der Waals surface area contributed by atoms with E-state index in [0.29, 0.717) is 0 Å². The van der Waals surface area contributed by atoms with Crippen LogP contribution < -0.4 is 4.74 Å². The van der Waals surface area contributed by atoms with E-state index in [9.17, 15) is 0 Å². The second kappa shape index (κ2) is 11.2. The normalized spacial score (nSPS) is 14.6. The highest BCUT2D eigenvalue weighted by atomic mass is 16.5. The number of aryl methyl sites for hydroxylation is 1. The van der Waals surface area contributed by atoms with Gasteiger partial charge in [-0.1, -0.05) is 42.0 Å². The lowest BCUT2D eigenvalue weighted by atomic mass is 10.1. The summed E-state index contributed by atoms with van der Waals surface area (Å²) in [4.78, 5) is 23.3. The van der Waals surface area contributed by atoms with Crippen molar-refractivity contribution in [3.05, 3.63) is 65.2 Å². The third-order valence-corrected chi connectivity index (χ3v) is 4.68. The van der Waals surface area contributed by atoms with Crippen LogP contribution in [0.5, 0.6) is 5.75 Å². The van der Waals surface area contributed by atoms with Gasteiger partial charge in [0, 0.05) is 39.3 Å². The molecular weight excluding hydrogens is 372 g/mol. The predicted octanol–water partition coefficient (Wildman–Crippen LogP) is 2.48. The van der Waals surface area contributed by atoms with Gasteiger partial charge in [-0.3, -0.25) is 9.80 Å². The van der Waals surface area contributed by atoms with Crippen LogP contribution in [0, 0.1) is 6.92 Å².